The Bertz CT molecular complexity index is 1160. The summed E-state index contributed by atoms with van der Waals surface area (Å²) in [5, 5.41) is 9.80. The Morgan fingerprint density at radius 1 is 1.13 bits per heavy atom. The van der Waals surface area contributed by atoms with E-state index in [0.717, 1.165) is 22.4 Å². The Kier molecular flexibility index (Phi) is 5.35. The number of carbonyl (C=O) groups is 1. The molecule has 6 nitrogen and oxygen atoms in total. The number of amides is 1. The number of hydrogen-bond donors (Lipinski definition) is 1. The number of aliphatic hydroxyl groups excluding tert-OH is 1. The zero-order chi connectivity index (χ0) is 21.4. The first-order chi connectivity index (χ1) is 14.5. The SMILES string of the molecule is CCOc1ccc(C2c3c(oc4c(C)cc(C)cc4c3=O)C(=O)N2CCCO)cc1. The number of ether oxygens (including phenoxy) is 1. The van der Waals surface area contributed by atoms with E-state index in [4.69, 9.17) is 9.15 Å². The second-order valence-corrected chi connectivity index (χ2v) is 7.61. The average molecular weight is 407 g/mol. The summed E-state index contributed by atoms with van der Waals surface area (Å²) in [7, 11) is 0. The monoisotopic (exact) mass is 407 g/mol. The molecule has 6 heteroatoms. The first-order valence-electron chi connectivity index (χ1n) is 10.2. The van der Waals surface area contributed by atoms with Crippen LogP contribution in [0.5, 0.6) is 5.75 Å². The molecule has 156 valence electrons. The predicted molar refractivity (Wildman–Crippen MR) is 114 cm³/mol. The van der Waals surface area contributed by atoms with Crippen LogP contribution in [0.15, 0.2) is 45.6 Å². The first kappa shape index (κ1) is 20.2. The third-order valence-electron chi connectivity index (χ3n) is 5.46. The van der Waals surface area contributed by atoms with Crippen molar-refractivity contribution in [3.63, 3.8) is 0 Å². The second-order valence-electron chi connectivity index (χ2n) is 7.61. The van der Waals surface area contributed by atoms with Crippen LogP contribution >= 0.6 is 0 Å². The van der Waals surface area contributed by atoms with Gasteiger partial charge in [-0.15, -0.1) is 0 Å². The lowest BCUT2D eigenvalue weighted by Gasteiger charge is -2.25. The summed E-state index contributed by atoms with van der Waals surface area (Å²) in [4.78, 5) is 28.4. The molecule has 1 aliphatic heterocycles. The molecule has 1 aliphatic rings. The normalized spacial score (nSPS) is 15.7. The maximum Gasteiger partial charge on any atom is 0.290 e. The predicted octanol–water partition coefficient (Wildman–Crippen LogP) is 3.74. The first-order valence-corrected chi connectivity index (χ1v) is 10.2. The highest BCUT2D eigenvalue weighted by Crippen LogP contribution is 2.39. The molecular weight excluding hydrogens is 382 g/mol. The van der Waals surface area contributed by atoms with Crippen molar-refractivity contribution in [1.29, 1.82) is 0 Å². The lowest BCUT2D eigenvalue weighted by molar-refractivity contribution is 0.0716. The number of aliphatic hydroxyl groups is 1. The van der Waals surface area contributed by atoms with Crippen LogP contribution in [0.25, 0.3) is 11.0 Å². The van der Waals surface area contributed by atoms with Gasteiger partial charge in [0.25, 0.3) is 5.91 Å². The quantitative estimate of drug-likeness (QED) is 0.673. The minimum absolute atomic E-state index is 0.0439. The van der Waals surface area contributed by atoms with Gasteiger partial charge in [0.1, 0.15) is 11.3 Å². The van der Waals surface area contributed by atoms with Crippen LogP contribution in [0.4, 0.5) is 0 Å². The Labute approximate surface area is 174 Å². The molecule has 1 atom stereocenters. The zero-order valence-electron chi connectivity index (χ0n) is 17.4. The maximum absolute atomic E-state index is 13.5. The molecular formula is C24H25NO5. The molecule has 0 bridgehead atoms. The van der Waals surface area contributed by atoms with E-state index in [1.165, 1.54) is 0 Å². The summed E-state index contributed by atoms with van der Waals surface area (Å²) in [6.45, 7) is 6.56. The summed E-state index contributed by atoms with van der Waals surface area (Å²) >= 11 is 0. The average Bonchev–Trinajstić information content (AvgIpc) is 3.00. The minimum atomic E-state index is -0.559. The summed E-state index contributed by atoms with van der Waals surface area (Å²) in [5.74, 6) is 0.497. The fourth-order valence-corrected chi connectivity index (χ4v) is 4.21. The van der Waals surface area contributed by atoms with Gasteiger partial charge >= 0.3 is 0 Å². The Hall–Kier alpha value is -3.12. The summed E-state index contributed by atoms with van der Waals surface area (Å²) in [6, 6.07) is 10.6. The molecule has 1 aromatic heterocycles. The third-order valence-corrected chi connectivity index (χ3v) is 5.46. The zero-order valence-corrected chi connectivity index (χ0v) is 17.4. The van der Waals surface area contributed by atoms with Gasteiger partial charge < -0.3 is 19.2 Å². The van der Waals surface area contributed by atoms with Crippen LogP contribution < -0.4 is 10.2 Å². The van der Waals surface area contributed by atoms with Crippen molar-refractivity contribution >= 4 is 16.9 Å². The summed E-state index contributed by atoms with van der Waals surface area (Å²) < 4.78 is 11.5. The van der Waals surface area contributed by atoms with E-state index in [1.807, 2.05) is 57.2 Å². The molecule has 1 unspecified atom stereocenters. The van der Waals surface area contributed by atoms with E-state index in [9.17, 15) is 14.7 Å². The Balaban J connectivity index is 1.93. The molecule has 0 spiro atoms. The molecule has 3 aromatic rings. The molecule has 2 aromatic carbocycles. The van der Waals surface area contributed by atoms with Crippen molar-refractivity contribution < 1.29 is 19.1 Å². The van der Waals surface area contributed by atoms with Gasteiger partial charge in [0.05, 0.1) is 23.6 Å². The van der Waals surface area contributed by atoms with E-state index >= 15 is 0 Å². The summed E-state index contributed by atoms with van der Waals surface area (Å²) in [6.07, 6.45) is 0.416. The fourth-order valence-electron chi connectivity index (χ4n) is 4.21. The molecule has 0 radical (unpaired) electrons. The van der Waals surface area contributed by atoms with Gasteiger partial charge in [-0.2, -0.15) is 0 Å². The highest BCUT2D eigenvalue weighted by molar-refractivity contribution is 5.99. The van der Waals surface area contributed by atoms with Gasteiger partial charge in [-0.05, 0) is 62.1 Å². The molecule has 0 fully saturated rings. The van der Waals surface area contributed by atoms with Gasteiger partial charge in [-0.3, -0.25) is 9.59 Å². The maximum atomic E-state index is 13.5. The van der Waals surface area contributed by atoms with Gasteiger partial charge in [-0.1, -0.05) is 18.2 Å². The van der Waals surface area contributed by atoms with E-state index in [0.29, 0.717) is 36.1 Å². The highest BCUT2D eigenvalue weighted by atomic mass is 16.5. The van der Waals surface area contributed by atoms with Crippen molar-refractivity contribution in [2.75, 3.05) is 19.8 Å². The van der Waals surface area contributed by atoms with E-state index in [1.54, 1.807) is 4.90 Å². The van der Waals surface area contributed by atoms with Gasteiger partial charge in [-0.25, -0.2) is 0 Å². The van der Waals surface area contributed by atoms with Crippen LogP contribution in [0.3, 0.4) is 0 Å². The fraction of sp³-hybridized carbons (Fsp3) is 0.333. The number of aryl methyl sites for hydroxylation is 2. The number of carbonyl (C=O) groups excluding carboxylic acids is 1. The Morgan fingerprint density at radius 2 is 1.87 bits per heavy atom. The molecule has 0 saturated heterocycles. The molecule has 4 rings (SSSR count). The third kappa shape index (κ3) is 3.27. The standard InChI is InChI=1S/C24H25NO5/c1-4-29-17-8-6-16(7-9-17)20-19-21(27)18-13-14(2)12-15(3)22(18)30-23(19)24(28)25(20)10-5-11-26/h6-9,12-13,20,26H,4-5,10-11H2,1-3H3. The second kappa shape index (κ2) is 7.95. The molecule has 1 amide bonds. The number of rotatable bonds is 6. The smallest absolute Gasteiger partial charge is 0.290 e. The molecule has 30 heavy (non-hydrogen) atoms. The van der Waals surface area contributed by atoms with Crippen LogP contribution in [0, 0.1) is 13.8 Å². The molecule has 2 heterocycles. The van der Waals surface area contributed by atoms with Gasteiger partial charge in [0, 0.05) is 13.2 Å². The highest BCUT2D eigenvalue weighted by Gasteiger charge is 2.42. The van der Waals surface area contributed by atoms with Crippen LogP contribution in [-0.2, 0) is 0 Å². The van der Waals surface area contributed by atoms with Gasteiger partial charge in [0.2, 0.25) is 5.76 Å². The topological polar surface area (TPSA) is 80.0 Å². The Morgan fingerprint density at radius 3 is 2.53 bits per heavy atom. The minimum Gasteiger partial charge on any atom is -0.494 e. The number of hydrogen-bond acceptors (Lipinski definition) is 5. The summed E-state index contributed by atoms with van der Waals surface area (Å²) in [5.41, 5.74) is 3.22. The van der Waals surface area contributed by atoms with Crippen molar-refractivity contribution in [2.45, 2.75) is 33.2 Å². The van der Waals surface area contributed by atoms with Gasteiger partial charge in [0.15, 0.2) is 5.43 Å². The van der Waals surface area contributed by atoms with Crippen molar-refractivity contribution in [2.24, 2.45) is 0 Å². The largest absolute Gasteiger partial charge is 0.494 e. The number of benzene rings is 2. The number of nitrogens with zero attached hydrogens (tertiary/aromatic N) is 1. The van der Waals surface area contributed by atoms with Crippen molar-refractivity contribution in [3.8, 4) is 5.75 Å². The number of fused-ring (bicyclic) bond motifs is 2. The molecule has 1 N–H and O–H groups in total. The van der Waals surface area contributed by atoms with Crippen molar-refractivity contribution in [3.05, 3.63) is 74.6 Å². The van der Waals surface area contributed by atoms with Crippen LogP contribution in [0.2, 0.25) is 0 Å². The van der Waals surface area contributed by atoms with Crippen LogP contribution in [0.1, 0.15) is 52.2 Å². The van der Waals surface area contributed by atoms with Crippen LogP contribution in [-0.4, -0.2) is 35.7 Å². The van der Waals surface area contributed by atoms with E-state index in [2.05, 4.69) is 0 Å². The molecule has 0 aliphatic carbocycles. The van der Waals surface area contributed by atoms with Crippen molar-refractivity contribution in [1.82, 2.24) is 4.90 Å². The van der Waals surface area contributed by atoms with E-state index in [-0.39, 0.29) is 23.7 Å². The van der Waals surface area contributed by atoms with E-state index < -0.39 is 6.04 Å². The molecule has 0 saturated carbocycles. The lowest BCUT2D eigenvalue weighted by atomic mass is 9.97. The lowest BCUT2D eigenvalue weighted by Crippen LogP contribution is -2.31.